The van der Waals surface area contributed by atoms with Gasteiger partial charge in [0.25, 0.3) is 0 Å². The van der Waals surface area contributed by atoms with Crippen LogP contribution < -0.4 is 0 Å². The second-order valence-corrected chi connectivity index (χ2v) is 7.84. The van der Waals surface area contributed by atoms with Crippen molar-refractivity contribution in [3.05, 3.63) is 35.6 Å². The summed E-state index contributed by atoms with van der Waals surface area (Å²) in [6.07, 6.45) is 7.66. The Hall–Kier alpha value is -1.46. The second-order valence-electron chi connectivity index (χ2n) is 6.89. The van der Waals surface area contributed by atoms with Crippen LogP contribution in [0.2, 0.25) is 0 Å². The monoisotopic (exact) mass is 313 g/mol. The highest BCUT2D eigenvalue weighted by molar-refractivity contribution is 7.13. The molecule has 114 valence electrons. The average Bonchev–Trinajstić information content (AvgIpc) is 3.25. The summed E-state index contributed by atoms with van der Waals surface area (Å²) in [5, 5.41) is 6.16. The number of nitrogens with zero attached hydrogens (tertiary/aromatic N) is 3. The molecule has 3 heterocycles. The molecule has 3 atom stereocenters. The summed E-state index contributed by atoms with van der Waals surface area (Å²) in [5.74, 6) is 4.57. The Morgan fingerprint density at radius 3 is 2.95 bits per heavy atom. The predicted molar refractivity (Wildman–Crippen MR) is 85.6 cm³/mol. The Kier molecular flexibility index (Phi) is 2.98. The highest BCUT2D eigenvalue weighted by Crippen LogP contribution is 2.44. The quantitative estimate of drug-likeness (QED) is 0.811. The summed E-state index contributed by atoms with van der Waals surface area (Å²) in [7, 11) is 0. The largest absolute Gasteiger partial charge is 0.339 e. The third-order valence-electron chi connectivity index (χ3n) is 5.40. The molecule has 0 aromatic carbocycles. The van der Waals surface area contributed by atoms with Crippen LogP contribution in [0.1, 0.15) is 24.7 Å². The van der Waals surface area contributed by atoms with Crippen LogP contribution in [0.5, 0.6) is 0 Å². The first-order chi connectivity index (χ1) is 10.8. The van der Waals surface area contributed by atoms with E-state index in [0.717, 1.165) is 47.4 Å². The van der Waals surface area contributed by atoms with Crippen molar-refractivity contribution in [2.75, 3.05) is 19.6 Å². The Labute approximate surface area is 133 Å². The minimum atomic E-state index is 0.426. The minimum absolute atomic E-state index is 0.426. The molecule has 1 saturated heterocycles. The van der Waals surface area contributed by atoms with Crippen molar-refractivity contribution in [2.45, 2.75) is 18.8 Å². The third kappa shape index (κ3) is 2.15. The van der Waals surface area contributed by atoms with Gasteiger partial charge in [0.15, 0.2) is 0 Å². The van der Waals surface area contributed by atoms with E-state index in [9.17, 15) is 0 Å². The van der Waals surface area contributed by atoms with Crippen molar-refractivity contribution >= 4 is 11.3 Å². The van der Waals surface area contributed by atoms with E-state index >= 15 is 0 Å². The fraction of sp³-hybridized carbons (Fsp3) is 0.529. The van der Waals surface area contributed by atoms with Gasteiger partial charge >= 0.3 is 0 Å². The first-order valence-electron chi connectivity index (χ1n) is 8.13. The normalized spacial score (nSPS) is 31.0. The number of aromatic nitrogens is 2. The van der Waals surface area contributed by atoms with Gasteiger partial charge in [-0.05, 0) is 42.0 Å². The summed E-state index contributed by atoms with van der Waals surface area (Å²) < 4.78 is 5.47. The fourth-order valence-electron chi connectivity index (χ4n) is 4.22. The molecule has 2 aromatic heterocycles. The van der Waals surface area contributed by atoms with Crippen molar-refractivity contribution < 1.29 is 4.52 Å². The van der Waals surface area contributed by atoms with Gasteiger partial charge in [-0.25, -0.2) is 0 Å². The molecule has 2 bridgehead atoms. The lowest BCUT2D eigenvalue weighted by Crippen LogP contribution is -2.47. The van der Waals surface area contributed by atoms with Crippen molar-refractivity contribution in [3.8, 4) is 10.7 Å². The first kappa shape index (κ1) is 13.0. The van der Waals surface area contributed by atoms with Crippen LogP contribution in [-0.2, 0) is 0 Å². The van der Waals surface area contributed by atoms with Gasteiger partial charge in [0, 0.05) is 19.6 Å². The molecule has 2 aromatic rings. The number of fused-ring (bicyclic) bond motifs is 2. The van der Waals surface area contributed by atoms with Crippen LogP contribution >= 0.6 is 11.3 Å². The lowest BCUT2D eigenvalue weighted by Gasteiger charge is -2.39. The van der Waals surface area contributed by atoms with Crippen LogP contribution in [0.4, 0.5) is 0 Å². The molecular weight excluding hydrogens is 294 g/mol. The topological polar surface area (TPSA) is 42.2 Å². The van der Waals surface area contributed by atoms with Gasteiger partial charge in [0.1, 0.15) is 0 Å². The lowest BCUT2D eigenvalue weighted by molar-refractivity contribution is 0.0986. The average molecular weight is 313 g/mol. The maximum Gasteiger partial charge on any atom is 0.232 e. The number of thiophene rings is 1. The summed E-state index contributed by atoms with van der Waals surface area (Å²) >= 11 is 1.65. The molecule has 1 aliphatic heterocycles. The molecule has 4 nitrogen and oxygen atoms in total. The van der Waals surface area contributed by atoms with Crippen molar-refractivity contribution in [1.29, 1.82) is 0 Å². The van der Waals surface area contributed by atoms with E-state index in [0.29, 0.717) is 5.92 Å². The number of likely N-dealkylation sites (tertiary alicyclic amines) is 1. The fourth-order valence-corrected chi connectivity index (χ4v) is 4.87. The summed E-state index contributed by atoms with van der Waals surface area (Å²) in [6, 6.07) is 4.06. The van der Waals surface area contributed by atoms with E-state index in [1.807, 2.05) is 17.5 Å². The van der Waals surface area contributed by atoms with Crippen LogP contribution in [0.25, 0.3) is 10.7 Å². The Morgan fingerprint density at radius 1 is 1.27 bits per heavy atom. The van der Waals surface area contributed by atoms with Gasteiger partial charge in [-0.15, -0.1) is 11.3 Å². The number of hydrogen-bond donors (Lipinski definition) is 0. The number of hydrogen-bond acceptors (Lipinski definition) is 5. The maximum atomic E-state index is 5.47. The molecule has 1 saturated carbocycles. The lowest BCUT2D eigenvalue weighted by atomic mass is 9.90. The smallest absolute Gasteiger partial charge is 0.232 e. The van der Waals surface area contributed by atoms with Gasteiger partial charge in [0.05, 0.1) is 10.8 Å². The standard InChI is InChI=1S/C17H19N3OS/c1-2-15(22-5-1)16-18-17(21-19-16)14-9-20(10-14)8-13-7-11-3-4-12(13)6-11/h1-5,11-14H,6-10H2. The van der Waals surface area contributed by atoms with E-state index in [2.05, 4.69) is 27.2 Å². The summed E-state index contributed by atoms with van der Waals surface area (Å²) in [4.78, 5) is 8.21. The molecule has 2 aliphatic carbocycles. The molecule has 0 spiro atoms. The Bertz CT molecular complexity index is 687. The SMILES string of the molecule is C1=CC2CC1CC2CN1CC(c2nc(-c3cccs3)no2)C1. The zero-order valence-corrected chi connectivity index (χ0v) is 13.2. The van der Waals surface area contributed by atoms with E-state index < -0.39 is 0 Å². The number of rotatable bonds is 4. The molecular formula is C17H19N3OS. The zero-order chi connectivity index (χ0) is 14.5. The van der Waals surface area contributed by atoms with Crippen molar-refractivity contribution in [3.63, 3.8) is 0 Å². The molecule has 5 rings (SSSR count). The highest BCUT2D eigenvalue weighted by atomic mass is 32.1. The Balaban J connectivity index is 1.19. The highest BCUT2D eigenvalue weighted by Gasteiger charge is 2.40. The zero-order valence-electron chi connectivity index (χ0n) is 12.4. The number of allylic oxidation sites excluding steroid dienone is 2. The van der Waals surface area contributed by atoms with E-state index in [1.165, 1.54) is 19.4 Å². The predicted octanol–water partition coefficient (Wildman–Crippen LogP) is 3.41. The van der Waals surface area contributed by atoms with Crippen LogP contribution in [-0.4, -0.2) is 34.7 Å². The van der Waals surface area contributed by atoms with Gasteiger partial charge in [-0.3, -0.25) is 0 Å². The van der Waals surface area contributed by atoms with Gasteiger partial charge in [0.2, 0.25) is 11.7 Å². The van der Waals surface area contributed by atoms with Crippen molar-refractivity contribution in [1.82, 2.24) is 15.0 Å². The van der Waals surface area contributed by atoms with E-state index in [4.69, 9.17) is 4.52 Å². The maximum absolute atomic E-state index is 5.47. The molecule has 5 heteroatoms. The minimum Gasteiger partial charge on any atom is -0.339 e. The van der Waals surface area contributed by atoms with Gasteiger partial charge in [-0.1, -0.05) is 23.4 Å². The van der Waals surface area contributed by atoms with E-state index in [-0.39, 0.29) is 0 Å². The second kappa shape index (κ2) is 5.03. The van der Waals surface area contributed by atoms with Crippen molar-refractivity contribution in [2.24, 2.45) is 17.8 Å². The molecule has 0 N–H and O–H groups in total. The van der Waals surface area contributed by atoms with Crippen LogP contribution in [0.15, 0.2) is 34.2 Å². The summed E-state index contributed by atoms with van der Waals surface area (Å²) in [5.41, 5.74) is 0. The first-order valence-corrected chi connectivity index (χ1v) is 9.01. The molecule has 2 fully saturated rings. The van der Waals surface area contributed by atoms with E-state index in [1.54, 1.807) is 11.3 Å². The molecule has 3 aliphatic rings. The van der Waals surface area contributed by atoms with Crippen LogP contribution in [0, 0.1) is 17.8 Å². The third-order valence-corrected chi connectivity index (χ3v) is 6.26. The van der Waals surface area contributed by atoms with Gasteiger partial charge in [-0.2, -0.15) is 4.98 Å². The molecule has 0 radical (unpaired) electrons. The van der Waals surface area contributed by atoms with Gasteiger partial charge < -0.3 is 9.42 Å². The molecule has 22 heavy (non-hydrogen) atoms. The van der Waals surface area contributed by atoms with Crippen LogP contribution in [0.3, 0.4) is 0 Å². The Morgan fingerprint density at radius 2 is 2.23 bits per heavy atom. The molecule has 3 unspecified atom stereocenters. The summed E-state index contributed by atoms with van der Waals surface area (Å²) in [6.45, 7) is 3.39. The molecule has 0 amide bonds.